The van der Waals surface area contributed by atoms with Gasteiger partial charge in [0.1, 0.15) is 11.8 Å². The van der Waals surface area contributed by atoms with Crippen molar-refractivity contribution in [2.24, 2.45) is 5.73 Å². The van der Waals surface area contributed by atoms with Crippen LogP contribution in [0.2, 0.25) is 0 Å². The molecule has 0 saturated carbocycles. The Morgan fingerprint density at radius 3 is 2.59 bits per heavy atom. The highest BCUT2D eigenvalue weighted by atomic mass is 16.3. The maximum absolute atomic E-state index is 11.3. The lowest BCUT2D eigenvalue weighted by atomic mass is 10.1. The predicted molar refractivity (Wildman–Crippen MR) is 65.9 cm³/mol. The Labute approximate surface area is 100 Å². The van der Waals surface area contributed by atoms with Crippen LogP contribution in [-0.2, 0) is 4.79 Å². The molecule has 1 aliphatic rings. The van der Waals surface area contributed by atoms with Crippen molar-refractivity contribution in [2.45, 2.75) is 6.04 Å². The molecule has 2 rings (SSSR count). The molecule has 1 fully saturated rings. The van der Waals surface area contributed by atoms with E-state index in [2.05, 4.69) is 4.90 Å². The second-order valence-corrected chi connectivity index (χ2v) is 4.36. The molecule has 17 heavy (non-hydrogen) atoms. The molecule has 1 saturated heterocycles. The fraction of sp³-hybridized carbons (Fsp3) is 0.417. The van der Waals surface area contributed by atoms with Gasteiger partial charge in [-0.2, -0.15) is 0 Å². The fourth-order valence-corrected chi connectivity index (χ4v) is 2.08. The molecule has 1 aromatic carbocycles. The summed E-state index contributed by atoms with van der Waals surface area (Å²) in [6.07, 6.45) is 0. The van der Waals surface area contributed by atoms with Crippen molar-refractivity contribution >= 4 is 11.6 Å². The Morgan fingerprint density at radius 2 is 2.00 bits per heavy atom. The van der Waals surface area contributed by atoms with Crippen LogP contribution in [0, 0.1) is 0 Å². The lowest BCUT2D eigenvalue weighted by molar-refractivity contribution is -0.122. The van der Waals surface area contributed by atoms with Crippen LogP contribution >= 0.6 is 0 Å². The summed E-state index contributed by atoms with van der Waals surface area (Å²) in [5.74, 6) is -0.0506. The molecular weight excluding hydrogens is 218 g/mol. The monoisotopic (exact) mass is 235 g/mol. The molecule has 0 aliphatic carbocycles. The first-order chi connectivity index (χ1) is 8.08. The number of rotatable bonds is 2. The Hall–Kier alpha value is -1.75. The van der Waals surface area contributed by atoms with Crippen molar-refractivity contribution in [1.82, 2.24) is 4.90 Å². The highest BCUT2D eigenvalue weighted by Crippen LogP contribution is 2.21. The summed E-state index contributed by atoms with van der Waals surface area (Å²) >= 11 is 0. The maximum atomic E-state index is 11.3. The zero-order valence-corrected chi connectivity index (χ0v) is 9.84. The molecule has 3 N–H and O–H groups in total. The first-order valence-electron chi connectivity index (χ1n) is 5.61. The second kappa shape index (κ2) is 4.63. The standard InChI is InChI=1S/C12H17N3O2/c1-14-6-7-15(8-11(14)12(13)17)9-2-4-10(16)5-3-9/h2-5,11,16H,6-8H2,1H3,(H2,13,17). The van der Waals surface area contributed by atoms with E-state index in [4.69, 9.17) is 5.73 Å². The number of amides is 1. The first kappa shape index (κ1) is 11.7. The van der Waals surface area contributed by atoms with Crippen molar-refractivity contribution in [3.8, 4) is 5.75 Å². The van der Waals surface area contributed by atoms with Gasteiger partial charge in [-0.15, -0.1) is 0 Å². The molecule has 5 nitrogen and oxygen atoms in total. The van der Waals surface area contributed by atoms with Crippen LogP contribution in [-0.4, -0.2) is 48.6 Å². The number of piperazine rings is 1. The van der Waals surface area contributed by atoms with Gasteiger partial charge in [0.15, 0.2) is 0 Å². The SMILES string of the molecule is CN1CCN(c2ccc(O)cc2)CC1C(N)=O. The van der Waals surface area contributed by atoms with Crippen LogP contribution in [0.1, 0.15) is 0 Å². The summed E-state index contributed by atoms with van der Waals surface area (Å²) in [5.41, 5.74) is 6.38. The normalized spacial score (nSPS) is 21.5. The third-order valence-corrected chi connectivity index (χ3v) is 3.19. The van der Waals surface area contributed by atoms with Gasteiger partial charge in [0, 0.05) is 25.3 Å². The van der Waals surface area contributed by atoms with Gasteiger partial charge in [-0.1, -0.05) is 0 Å². The van der Waals surface area contributed by atoms with E-state index in [0.29, 0.717) is 6.54 Å². The number of hydrogen-bond acceptors (Lipinski definition) is 4. The molecule has 1 aliphatic heterocycles. The molecular formula is C12H17N3O2. The largest absolute Gasteiger partial charge is 0.508 e. The maximum Gasteiger partial charge on any atom is 0.236 e. The summed E-state index contributed by atoms with van der Waals surface area (Å²) in [5, 5.41) is 9.24. The number of carbonyl (C=O) groups is 1. The summed E-state index contributed by atoms with van der Waals surface area (Å²) in [7, 11) is 1.91. The third kappa shape index (κ3) is 2.50. The van der Waals surface area contributed by atoms with Gasteiger partial charge in [-0.05, 0) is 31.3 Å². The predicted octanol–water partition coefficient (Wildman–Crippen LogP) is -0.00210. The quantitative estimate of drug-likeness (QED) is 0.757. The minimum Gasteiger partial charge on any atom is -0.508 e. The fourth-order valence-electron chi connectivity index (χ4n) is 2.08. The van der Waals surface area contributed by atoms with Crippen molar-refractivity contribution in [2.75, 3.05) is 31.6 Å². The van der Waals surface area contributed by atoms with Crippen LogP contribution in [0.25, 0.3) is 0 Å². The number of hydrogen-bond donors (Lipinski definition) is 2. The minimum absolute atomic E-state index is 0.245. The molecule has 0 radical (unpaired) electrons. The molecule has 92 valence electrons. The molecule has 1 amide bonds. The van der Waals surface area contributed by atoms with E-state index in [9.17, 15) is 9.90 Å². The number of nitrogens with two attached hydrogens (primary N) is 1. The van der Waals surface area contributed by atoms with E-state index in [1.165, 1.54) is 0 Å². The highest BCUT2D eigenvalue weighted by Gasteiger charge is 2.28. The average Bonchev–Trinajstić information content (AvgIpc) is 2.30. The summed E-state index contributed by atoms with van der Waals surface area (Å²) in [4.78, 5) is 15.4. The summed E-state index contributed by atoms with van der Waals surface area (Å²) < 4.78 is 0. The van der Waals surface area contributed by atoms with Crippen LogP contribution in [0.5, 0.6) is 5.75 Å². The molecule has 0 spiro atoms. The van der Waals surface area contributed by atoms with Crippen LogP contribution in [0.4, 0.5) is 5.69 Å². The topological polar surface area (TPSA) is 69.8 Å². The lowest BCUT2D eigenvalue weighted by Gasteiger charge is -2.39. The van der Waals surface area contributed by atoms with Crippen molar-refractivity contribution < 1.29 is 9.90 Å². The zero-order valence-electron chi connectivity index (χ0n) is 9.84. The molecule has 5 heteroatoms. The van der Waals surface area contributed by atoms with E-state index in [1.54, 1.807) is 12.1 Å². The highest BCUT2D eigenvalue weighted by molar-refractivity contribution is 5.81. The number of anilines is 1. The number of nitrogens with zero attached hydrogens (tertiary/aromatic N) is 2. The Morgan fingerprint density at radius 1 is 1.35 bits per heavy atom. The molecule has 1 unspecified atom stereocenters. The summed E-state index contributed by atoms with van der Waals surface area (Å²) in [6.45, 7) is 2.25. The van der Waals surface area contributed by atoms with E-state index in [1.807, 2.05) is 24.1 Å². The number of likely N-dealkylation sites (N-methyl/N-ethyl adjacent to an activating group) is 1. The van der Waals surface area contributed by atoms with Crippen LogP contribution in [0.15, 0.2) is 24.3 Å². The van der Waals surface area contributed by atoms with E-state index >= 15 is 0 Å². The Kier molecular flexibility index (Phi) is 3.19. The molecule has 1 heterocycles. The summed E-state index contributed by atoms with van der Waals surface area (Å²) in [6, 6.07) is 6.73. The number of benzene rings is 1. The third-order valence-electron chi connectivity index (χ3n) is 3.19. The van der Waals surface area contributed by atoms with Crippen LogP contribution < -0.4 is 10.6 Å². The Bertz CT molecular complexity index is 405. The number of primary amides is 1. The van der Waals surface area contributed by atoms with Gasteiger partial charge in [0.2, 0.25) is 5.91 Å². The number of phenols is 1. The van der Waals surface area contributed by atoms with Gasteiger partial charge in [0.25, 0.3) is 0 Å². The van der Waals surface area contributed by atoms with Gasteiger partial charge in [0.05, 0.1) is 0 Å². The first-order valence-corrected chi connectivity index (χ1v) is 5.61. The van der Waals surface area contributed by atoms with Gasteiger partial charge in [-0.3, -0.25) is 9.69 Å². The second-order valence-electron chi connectivity index (χ2n) is 4.36. The van der Waals surface area contributed by atoms with Gasteiger partial charge in [-0.25, -0.2) is 0 Å². The van der Waals surface area contributed by atoms with Crippen molar-refractivity contribution in [1.29, 1.82) is 0 Å². The van der Waals surface area contributed by atoms with E-state index < -0.39 is 0 Å². The van der Waals surface area contributed by atoms with E-state index in [0.717, 1.165) is 18.8 Å². The van der Waals surface area contributed by atoms with Crippen molar-refractivity contribution in [3.63, 3.8) is 0 Å². The van der Waals surface area contributed by atoms with Gasteiger partial charge < -0.3 is 15.7 Å². The Balaban J connectivity index is 2.13. The average molecular weight is 235 g/mol. The lowest BCUT2D eigenvalue weighted by Crippen LogP contribution is -2.56. The van der Waals surface area contributed by atoms with Gasteiger partial charge >= 0.3 is 0 Å². The molecule has 1 atom stereocenters. The zero-order chi connectivity index (χ0) is 12.4. The molecule has 0 aromatic heterocycles. The number of carbonyl (C=O) groups excluding carboxylic acids is 1. The number of aromatic hydroxyl groups is 1. The minimum atomic E-state index is -0.295. The number of phenolic OH excluding ortho intramolecular Hbond substituents is 1. The van der Waals surface area contributed by atoms with Crippen LogP contribution in [0.3, 0.4) is 0 Å². The molecule has 0 bridgehead atoms. The van der Waals surface area contributed by atoms with Crippen molar-refractivity contribution in [3.05, 3.63) is 24.3 Å². The smallest absolute Gasteiger partial charge is 0.236 e. The molecule has 1 aromatic rings. The van der Waals surface area contributed by atoms with E-state index in [-0.39, 0.29) is 17.7 Å².